The summed E-state index contributed by atoms with van der Waals surface area (Å²) in [4.78, 5) is 12.3. The van der Waals surface area contributed by atoms with E-state index >= 15 is 0 Å². The summed E-state index contributed by atoms with van der Waals surface area (Å²) < 4.78 is 21.5. The maximum atomic E-state index is 12.3. The van der Waals surface area contributed by atoms with Crippen molar-refractivity contribution >= 4 is 23.7 Å². The zero-order valence-electron chi connectivity index (χ0n) is 16.5. The molecular weight excluding hydrogens is 396 g/mol. The number of carbonyl (C=O) groups is 1. The van der Waals surface area contributed by atoms with Crippen LogP contribution in [-0.2, 0) is 0 Å². The van der Waals surface area contributed by atoms with Crippen LogP contribution < -0.4 is 24.4 Å². The van der Waals surface area contributed by atoms with Gasteiger partial charge in [0.15, 0.2) is 23.0 Å². The third kappa shape index (κ3) is 5.89. The maximum absolute atomic E-state index is 12.3. The predicted molar refractivity (Wildman–Crippen MR) is 113 cm³/mol. The van der Waals surface area contributed by atoms with Crippen molar-refractivity contribution in [2.45, 2.75) is 6.92 Å². The highest BCUT2D eigenvalue weighted by molar-refractivity contribution is 6.32. The number of benzene rings is 2. The van der Waals surface area contributed by atoms with E-state index in [4.69, 9.17) is 30.5 Å². The zero-order valence-corrected chi connectivity index (χ0v) is 17.3. The van der Waals surface area contributed by atoms with Gasteiger partial charge < -0.3 is 18.9 Å². The van der Waals surface area contributed by atoms with Gasteiger partial charge in [0.2, 0.25) is 0 Å². The smallest absolute Gasteiger partial charge is 0.271 e. The first-order chi connectivity index (χ1) is 14.0. The maximum Gasteiger partial charge on any atom is 0.271 e. The highest BCUT2D eigenvalue weighted by Crippen LogP contribution is 2.36. The molecule has 29 heavy (non-hydrogen) atoms. The van der Waals surface area contributed by atoms with Crippen LogP contribution in [0.3, 0.4) is 0 Å². The molecule has 0 spiro atoms. The average molecular weight is 419 g/mol. The van der Waals surface area contributed by atoms with Crippen molar-refractivity contribution < 1.29 is 23.7 Å². The minimum atomic E-state index is -0.397. The third-order valence-corrected chi connectivity index (χ3v) is 3.98. The summed E-state index contributed by atoms with van der Waals surface area (Å²) in [7, 11) is 3.02. The fraction of sp³-hybridized carbons (Fsp3) is 0.238. The van der Waals surface area contributed by atoms with E-state index in [1.807, 2.05) is 6.92 Å². The molecule has 0 saturated carbocycles. The van der Waals surface area contributed by atoms with Gasteiger partial charge in [-0.3, -0.25) is 4.79 Å². The lowest BCUT2D eigenvalue weighted by atomic mass is 10.2. The first kappa shape index (κ1) is 22.1. The van der Waals surface area contributed by atoms with E-state index in [0.29, 0.717) is 52.4 Å². The summed E-state index contributed by atoms with van der Waals surface area (Å²) in [5, 5.41) is 4.33. The van der Waals surface area contributed by atoms with Gasteiger partial charge in [-0.25, -0.2) is 5.43 Å². The molecule has 0 aliphatic carbocycles. The Kier molecular flexibility index (Phi) is 8.36. The number of nitrogens with one attached hydrogen (secondary N) is 1. The summed E-state index contributed by atoms with van der Waals surface area (Å²) in [6.07, 6.45) is 3.06. The molecule has 2 aromatic rings. The molecule has 0 aliphatic rings. The van der Waals surface area contributed by atoms with Gasteiger partial charge in [0.05, 0.1) is 32.1 Å². The third-order valence-electron chi connectivity index (χ3n) is 3.70. The summed E-state index contributed by atoms with van der Waals surface area (Å²) in [5.74, 6) is 1.50. The minimum absolute atomic E-state index is 0.297. The topological polar surface area (TPSA) is 78.4 Å². The largest absolute Gasteiger partial charge is 0.493 e. The van der Waals surface area contributed by atoms with Crippen LogP contribution in [0.5, 0.6) is 23.0 Å². The Morgan fingerprint density at radius 2 is 1.90 bits per heavy atom. The van der Waals surface area contributed by atoms with E-state index in [2.05, 4.69) is 17.1 Å². The van der Waals surface area contributed by atoms with Crippen molar-refractivity contribution in [2.75, 3.05) is 27.4 Å². The first-order valence-corrected chi connectivity index (χ1v) is 9.17. The van der Waals surface area contributed by atoms with Crippen molar-refractivity contribution in [1.82, 2.24) is 5.43 Å². The number of nitrogens with zero attached hydrogens (tertiary/aromatic N) is 1. The lowest BCUT2D eigenvalue weighted by Gasteiger charge is -2.12. The van der Waals surface area contributed by atoms with Gasteiger partial charge in [0, 0.05) is 5.56 Å². The van der Waals surface area contributed by atoms with Gasteiger partial charge in [-0.05, 0) is 42.8 Å². The molecule has 1 N–H and O–H groups in total. The highest BCUT2D eigenvalue weighted by Gasteiger charge is 2.12. The van der Waals surface area contributed by atoms with Crippen molar-refractivity contribution in [2.24, 2.45) is 5.10 Å². The highest BCUT2D eigenvalue weighted by atomic mass is 35.5. The molecule has 1 amide bonds. The van der Waals surface area contributed by atoms with Crippen LogP contribution in [0, 0.1) is 0 Å². The van der Waals surface area contributed by atoms with Crippen molar-refractivity contribution in [3.63, 3.8) is 0 Å². The van der Waals surface area contributed by atoms with Crippen molar-refractivity contribution in [3.05, 3.63) is 59.1 Å². The van der Waals surface area contributed by atoms with Crippen LogP contribution >= 0.6 is 11.6 Å². The van der Waals surface area contributed by atoms with E-state index in [-0.39, 0.29) is 0 Å². The van der Waals surface area contributed by atoms with Crippen LogP contribution in [-0.4, -0.2) is 39.6 Å². The van der Waals surface area contributed by atoms with E-state index in [1.54, 1.807) is 36.4 Å². The van der Waals surface area contributed by atoms with E-state index < -0.39 is 5.91 Å². The van der Waals surface area contributed by atoms with Crippen molar-refractivity contribution in [3.8, 4) is 23.0 Å². The summed E-state index contributed by atoms with van der Waals surface area (Å²) in [5.41, 5.74) is 3.47. The van der Waals surface area contributed by atoms with Gasteiger partial charge in [0.25, 0.3) is 5.91 Å². The Morgan fingerprint density at radius 3 is 2.55 bits per heavy atom. The number of ether oxygens (including phenoxy) is 4. The van der Waals surface area contributed by atoms with Crippen LogP contribution in [0.15, 0.2) is 48.1 Å². The molecule has 0 aliphatic heterocycles. The van der Waals surface area contributed by atoms with Crippen molar-refractivity contribution in [1.29, 1.82) is 0 Å². The van der Waals surface area contributed by atoms with Gasteiger partial charge in [-0.15, -0.1) is 0 Å². The number of amides is 1. The molecule has 2 aromatic carbocycles. The number of hydrazone groups is 1. The normalized spacial score (nSPS) is 10.5. The Morgan fingerprint density at radius 1 is 1.14 bits per heavy atom. The van der Waals surface area contributed by atoms with Gasteiger partial charge in [-0.2, -0.15) is 5.10 Å². The number of hydrogen-bond acceptors (Lipinski definition) is 6. The Labute approximate surface area is 174 Å². The molecule has 0 saturated heterocycles. The fourth-order valence-corrected chi connectivity index (χ4v) is 2.68. The summed E-state index contributed by atoms with van der Waals surface area (Å²) in [6, 6.07) is 8.23. The molecule has 0 aromatic heterocycles. The van der Waals surface area contributed by atoms with Crippen LogP contribution in [0.4, 0.5) is 0 Å². The number of halogens is 1. The van der Waals surface area contributed by atoms with E-state index in [9.17, 15) is 4.79 Å². The molecule has 7 nitrogen and oxygen atoms in total. The quantitative estimate of drug-likeness (QED) is 0.357. The number of carbonyl (C=O) groups excluding carboxylic acids is 1. The molecule has 8 heteroatoms. The van der Waals surface area contributed by atoms with Gasteiger partial charge in [0.1, 0.15) is 6.61 Å². The van der Waals surface area contributed by atoms with E-state index in [0.717, 1.165) is 0 Å². The number of hydrogen-bond donors (Lipinski definition) is 1. The first-order valence-electron chi connectivity index (χ1n) is 8.79. The molecule has 0 unspecified atom stereocenters. The second kappa shape index (κ2) is 11.0. The second-order valence-corrected chi connectivity index (χ2v) is 6.04. The monoisotopic (exact) mass is 418 g/mol. The van der Waals surface area contributed by atoms with Gasteiger partial charge in [-0.1, -0.05) is 24.3 Å². The number of rotatable bonds is 10. The SMILES string of the molecule is C=CCOc1c(Cl)cc(/C=N/NC(=O)c2ccc(OCC)c(OC)c2)cc1OC. The molecule has 2 rings (SSSR count). The lowest BCUT2D eigenvalue weighted by Crippen LogP contribution is -2.17. The van der Waals surface area contributed by atoms with Gasteiger partial charge >= 0.3 is 0 Å². The Bertz CT molecular complexity index is 899. The molecular formula is C21H23ClN2O5. The molecule has 0 atom stereocenters. The Hall–Kier alpha value is -3.19. The standard InChI is InChI=1S/C21H23ClN2O5/c1-5-9-29-20-16(22)10-14(11-19(20)27-4)13-23-24-21(25)15-7-8-17(28-6-2)18(12-15)26-3/h5,7-8,10-13H,1,6,9H2,2-4H3,(H,24,25)/b23-13+. The van der Waals surface area contributed by atoms with Crippen LogP contribution in [0.2, 0.25) is 5.02 Å². The fourth-order valence-electron chi connectivity index (χ4n) is 2.41. The molecule has 0 heterocycles. The van der Waals surface area contributed by atoms with Crippen LogP contribution in [0.1, 0.15) is 22.8 Å². The molecule has 0 bridgehead atoms. The number of methoxy groups -OCH3 is 2. The lowest BCUT2D eigenvalue weighted by molar-refractivity contribution is 0.0954. The molecule has 0 radical (unpaired) electrons. The molecule has 0 fully saturated rings. The molecule has 154 valence electrons. The minimum Gasteiger partial charge on any atom is -0.493 e. The Balaban J connectivity index is 2.12. The van der Waals surface area contributed by atoms with Crippen LogP contribution in [0.25, 0.3) is 0 Å². The zero-order chi connectivity index (χ0) is 21.2. The second-order valence-electron chi connectivity index (χ2n) is 5.63. The summed E-state index contributed by atoms with van der Waals surface area (Å²) in [6.45, 7) is 6.26. The average Bonchev–Trinajstić information content (AvgIpc) is 2.73. The predicted octanol–water partition coefficient (Wildman–Crippen LogP) is 4.08. The van der Waals surface area contributed by atoms with E-state index in [1.165, 1.54) is 20.4 Å². The summed E-state index contributed by atoms with van der Waals surface area (Å²) >= 11 is 6.25.